The fourth-order valence-electron chi connectivity index (χ4n) is 1.81. The van der Waals surface area contributed by atoms with Crippen LogP contribution in [0.25, 0.3) is 0 Å². The van der Waals surface area contributed by atoms with Crippen LogP contribution in [0.3, 0.4) is 0 Å². The first-order valence-corrected chi connectivity index (χ1v) is 6.37. The fourth-order valence-corrected chi connectivity index (χ4v) is 2.34. The predicted molar refractivity (Wildman–Crippen MR) is 68.2 cm³/mol. The molecule has 0 unspecified atom stereocenters. The maximum atomic E-state index is 5.67. The molecule has 2 N–H and O–H groups in total. The van der Waals surface area contributed by atoms with Crippen molar-refractivity contribution in [3.05, 3.63) is 24.3 Å². The van der Waals surface area contributed by atoms with Crippen molar-refractivity contribution < 1.29 is 0 Å². The lowest BCUT2D eigenvalue weighted by Crippen LogP contribution is -2.43. The van der Waals surface area contributed by atoms with Crippen LogP contribution in [0.15, 0.2) is 24.3 Å². The first kappa shape index (κ1) is 10.6. The zero-order valence-electron chi connectivity index (χ0n) is 9.02. The Morgan fingerprint density at radius 3 is 2.20 bits per heavy atom. The zero-order valence-corrected chi connectivity index (χ0v) is 9.83. The Labute approximate surface area is 95.4 Å². The molecule has 0 aromatic heterocycles. The molecule has 0 spiro atoms. The van der Waals surface area contributed by atoms with Crippen molar-refractivity contribution in [1.29, 1.82) is 0 Å². The van der Waals surface area contributed by atoms with E-state index in [9.17, 15) is 0 Å². The normalized spacial score (nSPS) is 18.1. The molecule has 0 saturated carbocycles. The van der Waals surface area contributed by atoms with E-state index in [1.165, 1.54) is 5.69 Å². The monoisotopic (exact) mass is 223 g/mol. The van der Waals surface area contributed by atoms with Gasteiger partial charge < -0.3 is 10.6 Å². The average molecular weight is 223 g/mol. The highest BCUT2D eigenvalue weighted by Gasteiger charge is 2.15. The van der Waals surface area contributed by atoms with Gasteiger partial charge in [-0.3, -0.25) is 0 Å². The minimum Gasteiger partial charge on any atom is -0.399 e. The highest BCUT2D eigenvalue weighted by molar-refractivity contribution is 7.96. The topological polar surface area (TPSA) is 32.5 Å². The van der Waals surface area contributed by atoms with Crippen molar-refractivity contribution in [3.63, 3.8) is 0 Å². The number of piperazine rings is 1. The van der Waals surface area contributed by atoms with Crippen LogP contribution in [-0.2, 0) is 0 Å². The van der Waals surface area contributed by atoms with E-state index in [1.54, 1.807) is 0 Å². The Bertz CT molecular complexity index is 304. The fraction of sp³-hybridized carbons (Fsp3) is 0.455. The van der Waals surface area contributed by atoms with Gasteiger partial charge >= 0.3 is 0 Å². The Kier molecular flexibility index (Phi) is 3.38. The van der Waals surface area contributed by atoms with E-state index in [2.05, 4.69) is 27.6 Å². The van der Waals surface area contributed by atoms with Crippen LogP contribution in [0.2, 0.25) is 0 Å². The first-order chi connectivity index (χ1) is 7.29. The van der Waals surface area contributed by atoms with Gasteiger partial charge in [-0.25, -0.2) is 4.31 Å². The molecule has 3 nitrogen and oxygen atoms in total. The van der Waals surface area contributed by atoms with Crippen LogP contribution in [-0.4, -0.2) is 36.7 Å². The molecule has 1 fully saturated rings. The van der Waals surface area contributed by atoms with E-state index in [4.69, 9.17) is 5.73 Å². The van der Waals surface area contributed by atoms with Gasteiger partial charge in [-0.15, -0.1) is 0 Å². The van der Waals surface area contributed by atoms with Crippen molar-refractivity contribution in [2.75, 3.05) is 43.1 Å². The molecule has 0 amide bonds. The van der Waals surface area contributed by atoms with Crippen LogP contribution in [0, 0.1) is 0 Å². The van der Waals surface area contributed by atoms with Gasteiger partial charge in [0, 0.05) is 37.6 Å². The lowest BCUT2D eigenvalue weighted by Gasteiger charge is -2.34. The molecule has 4 heteroatoms. The molecule has 15 heavy (non-hydrogen) atoms. The second kappa shape index (κ2) is 4.77. The number of hydrogen-bond donors (Lipinski definition) is 1. The van der Waals surface area contributed by atoms with Crippen molar-refractivity contribution in [2.24, 2.45) is 0 Å². The third kappa shape index (κ3) is 2.58. The molecule has 1 aromatic carbocycles. The lowest BCUT2D eigenvalue weighted by atomic mass is 10.2. The largest absolute Gasteiger partial charge is 0.399 e. The predicted octanol–water partition coefficient (Wildman–Crippen LogP) is 1.67. The summed E-state index contributed by atoms with van der Waals surface area (Å²) in [5.74, 6) is 0. The van der Waals surface area contributed by atoms with Crippen molar-refractivity contribution in [1.82, 2.24) is 4.31 Å². The average Bonchev–Trinajstić information content (AvgIpc) is 2.30. The molecule has 1 aromatic rings. The Morgan fingerprint density at radius 2 is 1.67 bits per heavy atom. The van der Waals surface area contributed by atoms with Gasteiger partial charge in [-0.2, -0.15) is 0 Å². The van der Waals surface area contributed by atoms with Crippen molar-refractivity contribution in [2.45, 2.75) is 0 Å². The third-order valence-electron chi connectivity index (χ3n) is 2.76. The molecular weight excluding hydrogens is 206 g/mol. The summed E-state index contributed by atoms with van der Waals surface area (Å²) in [5, 5.41) is 0. The summed E-state index contributed by atoms with van der Waals surface area (Å²) in [6.45, 7) is 4.46. The van der Waals surface area contributed by atoms with Gasteiger partial charge in [-0.05, 0) is 30.5 Å². The van der Waals surface area contributed by atoms with Gasteiger partial charge in [0.2, 0.25) is 0 Å². The summed E-state index contributed by atoms with van der Waals surface area (Å²) in [6.07, 6.45) is 2.14. The minimum atomic E-state index is 0.835. The van der Waals surface area contributed by atoms with Gasteiger partial charge in [0.1, 0.15) is 0 Å². The van der Waals surface area contributed by atoms with Crippen molar-refractivity contribution in [3.8, 4) is 0 Å². The molecule has 82 valence electrons. The van der Waals surface area contributed by atoms with Gasteiger partial charge in [0.25, 0.3) is 0 Å². The second-order valence-corrected chi connectivity index (χ2v) is 4.57. The maximum absolute atomic E-state index is 5.67. The smallest absolute Gasteiger partial charge is 0.0368 e. The first-order valence-electron chi connectivity index (χ1n) is 5.19. The number of nitrogen functional groups attached to an aromatic ring is 1. The number of hydrogen-bond acceptors (Lipinski definition) is 4. The third-order valence-corrected chi connectivity index (χ3v) is 3.64. The molecule has 0 atom stereocenters. The summed E-state index contributed by atoms with van der Waals surface area (Å²) in [5.41, 5.74) is 7.79. The second-order valence-electron chi connectivity index (χ2n) is 3.69. The van der Waals surface area contributed by atoms with E-state index in [0.29, 0.717) is 0 Å². The molecule has 0 radical (unpaired) electrons. The van der Waals surface area contributed by atoms with E-state index in [0.717, 1.165) is 31.9 Å². The number of nitrogens with two attached hydrogens (primary N) is 1. The quantitative estimate of drug-likeness (QED) is 0.610. The van der Waals surface area contributed by atoms with Crippen LogP contribution in [0.1, 0.15) is 0 Å². The zero-order chi connectivity index (χ0) is 10.7. The van der Waals surface area contributed by atoms with Crippen molar-refractivity contribution >= 4 is 23.3 Å². The van der Waals surface area contributed by atoms with Crippen LogP contribution in [0.5, 0.6) is 0 Å². The molecule has 0 bridgehead atoms. The number of benzene rings is 1. The van der Waals surface area contributed by atoms with E-state index in [1.807, 2.05) is 24.1 Å². The highest BCUT2D eigenvalue weighted by Crippen LogP contribution is 2.19. The Hall–Kier alpha value is -0.870. The molecule has 1 aliphatic rings. The van der Waals surface area contributed by atoms with E-state index < -0.39 is 0 Å². The summed E-state index contributed by atoms with van der Waals surface area (Å²) in [4.78, 5) is 2.41. The summed E-state index contributed by atoms with van der Waals surface area (Å²) >= 11 is 1.83. The van der Waals surface area contributed by atoms with Gasteiger partial charge in [-0.1, -0.05) is 11.9 Å². The molecule has 2 rings (SSSR count). The lowest BCUT2D eigenvalue weighted by molar-refractivity contribution is 0.431. The highest BCUT2D eigenvalue weighted by atomic mass is 32.2. The Morgan fingerprint density at radius 1 is 1.07 bits per heavy atom. The molecule has 0 aliphatic carbocycles. The summed E-state index contributed by atoms with van der Waals surface area (Å²) in [6, 6.07) is 8.14. The van der Waals surface area contributed by atoms with Crippen LogP contribution < -0.4 is 10.6 Å². The maximum Gasteiger partial charge on any atom is 0.0368 e. The molecule has 1 saturated heterocycles. The number of nitrogens with zero attached hydrogens (tertiary/aromatic N) is 2. The standard InChI is InChI=1S/C11H17N3S/c1-15-14-8-6-13(7-9-14)11-4-2-10(12)3-5-11/h2-5H,6-9,12H2,1H3. The van der Waals surface area contributed by atoms with Crippen LogP contribution in [0.4, 0.5) is 11.4 Å². The van der Waals surface area contributed by atoms with Crippen LogP contribution >= 0.6 is 11.9 Å². The van der Waals surface area contributed by atoms with Gasteiger partial charge in [0.15, 0.2) is 0 Å². The van der Waals surface area contributed by atoms with Gasteiger partial charge in [0.05, 0.1) is 0 Å². The Balaban J connectivity index is 1.98. The van der Waals surface area contributed by atoms with E-state index >= 15 is 0 Å². The summed E-state index contributed by atoms with van der Waals surface area (Å²) < 4.78 is 2.40. The summed E-state index contributed by atoms with van der Waals surface area (Å²) in [7, 11) is 0. The van der Waals surface area contributed by atoms with E-state index in [-0.39, 0.29) is 0 Å². The number of anilines is 2. The minimum absolute atomic E-state index is 0.835. The molecule has 1 aliphatic heterocycles. The SMILES string of the molecule is CSN1CCN(c2ccc(N)cc2)CC1. The molecular formula is C11H17N3S. The number of rotatable bonds is 2. The molecule has 1 heterocycles.